The molecular formula is C37H35ClF2N6O6S. The minimum atomic E-state index is -4.90. The average Bonchev–Trinajstić information content (AvgIpc) is 3.38. The van der Waals surface area contributed by atoms with Gasteiger partial charge in [-0.2, -0.15) is 18.4 Å². The summed E-state index contributed by atoms with van der Waals surface area (Å²) in [6.45, 7) is 6.16. The number of rotatable bonds is 8. The van der Waals surface area contributed by atoms with Gasteiger partial charge in [-0.25, -0.2) is 9.18 Å². The van der Waals surface area contributed by atoms with Crippen LogP contribution >= 0.6 is 11.6 Å². The number of hydrogen-bond donors (Lipinski definition) is 1. The Morgan fingerprint density at radius 2 is 1.68 bits per heavy atom. The van der Waals surface area contributed by atoms with Crippen molar-refractivity contribution >= 4 is 61.3 Å². The molecule has 1 N–H and O–H groups in total. The van der Waals surface area contributed by atoms with Gasteiger partial charge < -0.3 is 19.7 Å². The van der Waals surface area contributed by atoms with E-state index in [4.69, 9.17) is 26.1 Å². The van der Waals surface area contributed by atoms with Gasteiger partial charge in [0, 0.05) is 40.8 Å². The molecule has 16 heteroatoms. The van der Waals surface area contributed by atoms with Gasteiger partial charge in [0.05, 0.1) is 28.9 Å². The van der Waals surface area contributed by atoms with Crippen molar-refractivity contribution in [2.75, 3.05) is 31.1 Å². The van der Waals surface area contributed by atoms with Crippen LogP contribution in [0.2, 0.25) is 5.02 Å². The number of carbonyl (C=O) groups excluding carboxylic acids is 2. The van der Waals surface area contributed by atoms with Crippen molar-refractivity contribution in [1.82, 2.24) is 25.2 Å². The van der Waals surface area contributed by atoms with E-state index >= 15 is 4.39 Å². The van der Waals surface area contributed by atoms with Crippen molar-refractivity contribution in [3.8, 4) is 17.3 Å². The summed E-state index contributed by atoms with van der Waals surface area (Å²) < 4.78 is 63.8. The van der Waals surface area contributed by atoms with Crippen LogP contribution in [0.1, 0.15) is 44.0 Å². The Morgan fingerprint density at radius 3 is 2.34 bits per heavy atom. The maximum atomic E-state index is 16.8. The van der Waals surface area contributed by atoms with E-state index in [0.717, 1.165) is 30.4 Å². The Bertz CT molecular complexity index is 2340. The fraction of sp³-hybridized carbons (Fsp3) is 0.324. The third-order valence-corrected chi connectivity index (χ3v) is 10.3. The summed E-state index contributed by atoms with van der Waals surface area (Å²) in [5.41, 5.74) is -0.0505. The van der Waals surface area contributed by atoms with Crippen LogP contribution in [0.3, 0.4) is 0 Å². The lowest BCUT2D eigenvalue weighted by Gasteiger charge is -2.42. The van der Waals surface area contributed by atoms with Gasteiger partial charge in [-0.3, -0.25) is 14.7 Å². The Kier molecular flexibility index (Phi) is 9.57. The molecule has 2 atom stereocenters. The predicted octanol–water partition coefficient (Wildman–Crippen LogP) is 6.69. The number of pyridine rings is 1. The first-order chi connectivity index (χ1) is 25.2. The van der Waals surface area contributed by atoms with Gasteiger partial charge >= 0.3 is 22.3 Å². The number of amides is 2. The fourth-order valence-electron chi connectivity index (χ4n) is 6.87. The number of hydrogen-bond acceptors (Lipinski definition) is 10. The number of fused-ring (bicyclic) bond motifs is 4. The van der Waals surface area contributed by atoms with Crippen molar-refractivity contribution in [1.29, 1.82) is 0 Å². The van der Waals surface area contributed by atoms with Crippen LogP contribution in [0.25, 0.3) is 32.9 Å². The number of carbonyl (C=O) groups is 2. The number of piperazine rings is 1. The van der Waals surface area contributed by atoms with Gasteiger partial charge in [0.15, 0.2) is 5.82 Å². The van der Waals surface area contributed by atoms with Crippen LogP contribution < -0.4 is 15.0 Å². The SMILES string of the molecule is CC(C)(C)OC(=O)N1[C@@H]2CC[C@H]1CN(c1nc(OCCNC(=O)c3ccc(S(=O)(=O)F)cc3)nc3c(F)c(-c4cccc5cccc(Cl)c45)ncc13)C2. The lowest BCUT2D eigenvalue weighted by molar-refractivity contribution is 0.0122. The Hall–Kier alpha value is -5.15. The molecule has 0 aliphatic carbocycles. The molecule has 2 saturated heterocycles. The highest BCUT2D eigenvalue weighted by atomic mass is 35.5. The lowest BCUT2D eigenvalue weighted by atomic mass is 10.0. The maximum Gasteiger partial charge on any atom is 0.410 e. The largest absolute Gasteiger partial charge is 0.462 e. The van der Waals surface area contributed by atoms with Crippen LogP contribution in [-0.2, 0) is 15.0 Å². The molecule has 2 aliphatic rings. The minimum absolute atomic E-state index is 0.0178. The second-order valence-corrected chi connectivity index (χ2v) is 15.7. The summed E-state index contributed by atoms with van der Waals surface area (Å²) in [5, 5.41) is 4.88. The molecule has 5 aromatic rings. The lowest BCUT2D eigenvalue weighted by Crippen LogP contribution is -2.57. The summed E-state index contributed by atoms with van der Waals surface area (Å²) >= 11 is 6.59. The molecule has 0 unspecified atom stereocenters. The average molecular weight is 765 g/mol. The summed E-state index contributed by atoms with van der Waals surface area (Å²) in [5.74, 6) is -0.872. The Morgan fingerprint density at radius 1 is 1.00 bits per heavy atom. The van der Waals surface area contributed by atoms with E-state index in [1.54, 1.807) is 23.1 Å². The molecule has 3 aromatic carbocycles. The van der Waals surface area contributed by atoms with E-state index in [0.29, 0.717) is 40.3 Å². The van der Waals surface area contributed by atoms with Crippen LogP contribution in [0.15, 0.2) is 71.8 Å². The maximum absolute atomic E-state index is 16.8. The van der Waals surface area contributed by atoms with E-state index in [-0.39, 0.29) is 54.1 Å². The molecule has 2 aliphatic heterocycles. The van der Waals surface area contributed by atoms with E-state index in [2.05, 4.69) is 15.3 Å². The number of anilines is 1. The minimum Gasteiger partial charge on any atom is -0.462 e. The van der Waals surface area contributed by atoms with Crippen molar-refractivity contribution in [2.45, 2.75) is 56.2 Å². The van der Waals surface area contributed by atoms with Crippen LogP contribution in [0.4, 0.5) is 18.9 Å². The van der Waals surface area contributed by atoms with E-state index in [9.17, 15) is 21.9 Å². The summed E-state index contributed by atoms with van der Waals surface area (Å²) in [6.07, 6.45) is 2.68. The number of aromatic nitrogens is 3. The quantitative estimate of drug-likeness (QED) is 0.134. The predicted molar refractivity (Wildman–Crippen MR) is 195 cm³/mol. The molecule has 4 heterocycles. The molecule has 53 heavy (non-hydrogen) atoms. The molecule has 2 fully saturated rings. The zero-order chi connectivity index (χ0) is 37.7. The first-order valence-corrected chi connectivity index (χ1v) is 18.7. The highest BCUT2D eigenvalue weighted by Crippen LogP contribution is 2.39. The number of nitrogens with one attached hydrogen (secondary N) is 1. The van der Waals surface area contributed by atoms with E-state index < -0.39 is 32.4 Å². The van der Waals surface area contributed by atoms with Crippen molar-refractivity contribution in [3.05, 3.63) is 83.3 Å². The van der Waals surface area contributed by atoms with E-state index in [1.165, 1.54) is 18.3 Å². The molecule has 0 saturated carbocycles. The topological polar surface area (TPSA) is 144 Å². The monoisotopic (exact) mass is 764 g/mol. The van der Waals surface area contributed by atoms with Crippen LogP contribution in [0.5, 0.6) is 6.01 Å². The zero-order valence-corrected chi connectivity index (χ0v) is 30.5. The van der Waals surface area contributed by atoms with Crippen molar-refractivity contribution < 1.29 is 35.8 Å². The zero-order valence-electron chi connectivity index (χ0n) is 29.0. The molecule has 0 spiro atoms. The summed E-state index contributed by atoms with van der Waals surface area (Å²) in [7, 11) is -4.90. The van der Waals surface area contributed by atoms with Gasteiger partial charge in [-0.05, 0) is 69.3 Å². The third-order valence-electron chi connectivity index (χ3n) is 9.16. The molecule has 2 bridgehead atoms. The molecule has 2 amide bonds. The second-order valence-electron chi connectivity index (χ2n) is 13.9. The molecule has 0 radical (unpaired) electrons. The normalized spacial score (nSPS) is 17.3. The number of benzene rings is 3. The standard InChI is InChI=1S/C37H35ClF2N6O6S/c1-37(2,3)52-36(48)46-23-12-13-24(46)20-45(19-23)33-27-18-42-31(26-8-4-6-21-7-5-9-28(38)29(21)26)30(39)32(27)43-35(44-33)51-17-16-41-34(47)22-10-14-25(15-11-22)53(40,49)50/h4-11,14-15,18,23-24H,12-13,16-17,19-20H2,1-3H3,(H,41,47)/t23-,24+. The van der Waals surface area contributed by atoms with Gasteiger partial charge in [0.1, 0.15) is 29.2 Å². The molecular weight excluding hydrogens is 730 g/mol. The fourth-order valence-corrected chi connectivity index (χ4v) is 7.62. The van der Waals surface area contributed by atoms with E-state index in [1.807, 2.05) is 43.9 Å². The second kappa shape index (κ2) is 14.0. The van der Waals surface area contributed by atoms with Crippen LogP contribution in [-0.4, -0.2) is 84.2 Å². The molecule has 12 nitrogen and oxygen atoms in total. The van der Waals surface area contributed by atoms with Gasteiger partial charge in [-0.1, -0.05) is 41.9 Å². The summed E-state index contributed by atoms with van der Waals surface area (Å²) in [6, 6.07) is 14.7. The third kappa shape index (κ3) is 7.40. The smallest absolute Gasteiger partial charge is 0.410 e. The number of ether oxygens (including phenoxy) is 2. The first-order valence-electron chi connectivity index (χ1n) is 16.9. The Balaban J connectivity index is 1.19. The molecule has 276 valence electrons. The first kappa shape index (κ1) is 36.2. The Labute approximate surface area is 309 Å². The van der Waals surface area contributed by atoms with Gasteiger partial charge in [-0.15, -0.1) is 3.89 Å². The van der Waals surface area contributed by atoms with Crippen LogP contribution in [0, 0.1) is 5.82 Å². The molecule has 2 aromatic heterocycles. The molecule has 7 rings (SSSR count). The number of halogens is 3. The highest BCUT2D eigenvalue weighted by Gasteiger charge is 2.45. The number of nitrogens with zero attached hydrogens (tertiary/aromatic N) is 5. The van der Waals surface area contributed by atoms with Crippen molar-refractivity contribution in [3.63, 3.8) is 0 Å². The van der Waals surface area contributed by atoms with Crippen molar-refractivity contribution in [2.24, 2.45) is 0 Å². The van der Waals surface area contributed by atoms with Gasteiger partial charge in [0.25, 0.3) is 5.91 Å². The highest BCUT2D eigenvalue weighted by molar-refractivity contribution is 7.86. The van der Waals surface area contributed by atoms with Gasteiger partial charge in [0.2, 0.25) is 0 Å². The summed E-state index contributed by atoms with van der Waals surface area (Å²) in [4.78, 5) is 42.7.